The summed E-state index contributed by atoms with van der Waals surface area (Å²) in [5, 5.41) is 28.3. The molecule has 2 aromatic carbocycles. The van der Waals surface area contributed by atoms with Crippen LogP contribution in [0.5, 0.6) is 11.5 Å². The van der Waals surface area contributed by atoms with Crippen LogP contribution in [-0.2, 0) is 0 Å². The maximum Gasteiger partial charge on any atom is 0.254 e. The van der Waals surface area contributed by atoms with Crippen LogP contribution in [0.4, 0.5) is 0 Å². The Hall–Kier alpha value is -3.65. The van der Waals surface area contributed by atoms with Crippen molar-refractivity contribution in [3.63, 3.8) is 0 Å². The van der Waals surface area contributed by atoms with E-state index in [1.54, 1.807) is 31.2 Å². The van der Waals surface area contributed by atoms with E-state index in [1.165, 1.54) is 0 Å². The third-order valence-electron chi connectivity index (χ3n) is 6.16. The van der Waals surface area contributed by atoms with Crippen LogP contribution in [-0.4, -0.2) is 51.8 Å². The molecule has 0 radical (unpaired) electrons. The zero-order valence-corrected chi connectivity index (χ0v) is 16.8. The minimum absolute atomic E-state index is 0.0261. The summed E-state index contributed by atoms with van der Waals surface area (Å²) < 4.78 is 0. The molecule has 1 amide bonds. The third-order valence-corrected chi connectivity index (χ3v) is 6.16. The Morgan fingerprint density at radius 3 is 2.16 bits per heavy atom. The minimum Gasteiger partial charge on any atom is -0.506 e. The first kappa shape index (κ1) is 19.3. The fraction of sp³-hybridized carbons (Fsp3) is 0.261. The number of benzene rings is 2. The normalized spacial score (nSPS) is 16.3. The van der Waals surface area contributed by atoms with Crippen LogP contribution in [0.1, 0.15) is 60.9 Å². The fourth-order valence-corrected chi connectivity index (χ4v) is 4.62. The molecule has 31 heavy (non-hydrogen) atoms. The summed E-state index contributed by atoms with van der Waals surface area (Å²) in [4.78, 5) is 42.7. The number of phenols is 2. The van der Waals surface area contributed by atoms with Crippen molar-refractivity contribution in [1.29, 1.82) is 0 Å². The van der Waals surface area contributed by atoms with Crippen molar-refractivity contribution in [1.82, 2.24) is 15.6 Å². The summed E-state index contributed by atoms with van der Waals surface area (Å²) in [6, 6.07) is 6.42. The summed E-state index contributed by atoms with van der Waals surface area (Å²) in [6.45, 7) is 3.21. The Kier molecular flexibility index (Phi) is 4.33. The van der Waals surface area contributed by atoms with Crippen molar-refractivity contribution in [2.75, 3.05) is 13.1 Å². The highest BCUT2D eigenvalue weighted by atomic mass is 16.3. The summed E-state index contributed by atoms with van der Waals surface area (Å²) >= 11 is 0. The highest BCUT2D eigenvalue weighted by Gasteiger charge is 2.41. The second-order valence-corrected chi connectivity index (χ2v) is 8.02. The molecule has 1 aliphatic carbocycles. The standard InChI is InChI=1S/C23H21N3O5/c1-10-14(23(31)26-11-6-8-24-9-7-11)15-18(25-10)22(30)17-16(21(15)29)19(27)12-4-2-3-5-13(12)20(17)28/h2-5,11,24-25,27-28H,6-9H2,1H3,(H,26,31). The van der Waals surface area contributed by atoms with Gasteiger partial charge in [0.1, 0.15) is 11.5 Å². The average molecular weight is 419 g/mol. The molecule has 0 saturated carbocycles. The molecule has 1 aliphatic heterocycles. The number of ketones is 2. The Balaban J connectivity index is 1.66. The molecule has 0 spiro atoms. The monoisotopic (exact) mass is 419 g/mol. The van der Waals surface area contributed by atoms with E-state index in [2.05, 4.69) is 15.6 Å². The van der Waals surface area contributed by atoms with Gasteiger partial charge in [0.15, 0.2) is 0 Å². The molecule has 5 rings (SSSR count). The molecule has 0 bridgehead atoms. The van der Waals surface area contributed by atoms with Crippen molar-refractivity contribution in [3.05, 3.63) is 57.9 Å². The SMILES string of the molecule is Cc1[nH]c2c(c1C(=O)NC1CCNCC1)C(=O)c1c(c(O)c3ccccc3c1O)C2=O. The number of fused-ring (bicyclic) bond motifs is 3. The number of aryl methyl sites for hydroxylation is 1. The molecule has 2 heterocycles. The highest BCUT2D eigenvalue weighted by molar-refractivity contribution is 6.34. The molecule has 1 saturated heterocycles. The number of rotatable bonds is 2. The van der Waals surface area contributed by atoms with Gasteiger partial charge in [0, 0.05) is 22.5 Å². The first-order chi connectivity index (χ1) is 14.9. The van der Waals surface area contributed by atoms with Gasteiger partial charge in [0.05, 0.1) is 27.9 Å². The van der Waals surface area contributed by atoms with Gasteiger partial charge in [-0.15, -0.1) is 0 Å². The molecule has 1 fully saturated rings. The van der Waals surface area contributed by atoms with Crippen LogP contribution in [0.3, 0.4) is 0 Å². The van der Waals surface area contributed by atoms with Crippen LogP contribution in [0.2, 0.25) is 0 Å². The first-order valence-corrected chi connectivity index (χ1v) is 10.2. The number of hydrogen-bond acceptors (Lipinski definition) is 6. The number of hydrogen-bond donors (Lipinski definition) is 5. The van der Waals surface area contributed by atoms with E-state index in [-0.39, 0.29) is 56.3 Å². The van der Waals surface area contributed by atoms with Crippen molar-refractivity contribution < 1.29 is 24.6 Å². The molecule has 2 aliphatic rings. The summed E-state index contributed by atoms with van der Waals surface area (Å²) in [5.41, 5.74) is -0.148. The van der Waals surface area contributed by atoms with E-state index in [9.17, 15) is 24.6 Å². The number of carbonyl (C=O) groups excluding carboxylic acids is 3. The van der Waals surface area contributed by atoms with E-state index < -0.39 is 17.5 Å². The van der Waals surface area contributed by atoms with Gasteiger partial charge in [-0.1, -0.05) is 24.3 Å². The number of amides is 1. The quantitative estimate of drug-likeness (QED) is 0.316. The van der Waals surface area contributed by atoms with Crippen molar-refractivity contribution in [3.8, 4) is 11.5 Å². The Morgan fingerprint density at radius 1 is 0.968 bits per heavy atom. The zero-order valence-electron chi connectivity index (χ0n) is 16.8. The lowest BCUT2D eigenvalue weighted by atomic mass is 9.83. The smallest absolute Gasteiger partial charge is 0.254 e. The lowest BCUT2D eigenvalue weighted by Crippen LogP contribution is -2.43. The van der Waals surface area contributed by atoms with Gasteiger partial charge in [-0.3, -0.25) is 14.4 Å². The zero-order chi connectivity index (χ0) is 21.9. The molecular weight excluding hydrogens is 398 g/mol. The number of carbonyl (C=O) groups is 3. The topological polar surface area (TPSA) is 132 Å². The van der Waals surface area contributed by atoms with E-state index >= 15 is 0 Å². The van der Waals surface area contributed by atoms with Gasteiger partial charge in [0.25, 0.3) is 5.91 Å². The van der Waals surface area contributed by atoms with Gasteiger partial charge >= 0.3 is 0 Å². The number of phenolic OH excluding ortho intramolecular Hbond substituents is 2. The summed E-state index contributed by atoms with van der Waals surface area (Å²) in [7, 11) is 0. The van der Waals surface area contributed by atoms with Gasteiger partial charge in [-0.2, -0.15) is 0 Å². The largest absolute Gasteiger partial charge is 0.506 e. The van der Waals surface area contributed by atoms with Crippen LogP contribution >= 0.6 is 0 Å². The Bertz CT molecular complexity index is 1280. The molecule has 1 aromatic heterocycles. The molecular formula is C23H21N3O5. The average Bonchev–Trinajstić information content (AvgIpc) is 3.13. The Morgan fingerprint density at radius 2 is 1.55 bits per heavy atom. The summed E-state index contributed by atoms with van der Waals surface area (Å²) in [6.07, 6.45) is 1.54. The molecule has 5 N–H and O–H groups in total. The number of nitrogens with one attached hydrogen (secondary N) is 3. The third kappa shape index (κ3) is 2.75. The number of aromatic nitrogens is 1. The molecule has 0 unspecified atom stereocenters. The number of H-pyrrole nitrogens is 1. The van der Waals surface area contributed by atoms with Crippen LogP contribution in [0.25, 0.3) is 10.8 Å². The highest BCUT2D eigenvalue weighted by Crippen LogP contribution is 2.44. The van der Waals surface area contributed by atoms with Crippen LogP contribution in [0.15, 0.2) is 24.3 Å². The molecule has 8 heteroatoms. The lowest BCUT2D eigenvalue weighted by molar-refractivity contribution is 0.0918. The van der Waals surface area contributed by atoms with E-state index in [0.717, 1.165) is 25.9 Å². The lowest BCUT2D eigenvalue weighted by Gasteiger charge is -2.24. The van der Waals surface area contributed by atoms with E-state index in [4.69, 9.17) is 0 Å². The van der Waals surface area contributed by atoms with Crippen molar-refractivity contribution >= 4 is 28.2 Å². The molecule has 158 valence electrons. The maximum absolute atomic E-state index is 13.5. The Labute approximate surface area is 177 Å². The number of aromatic hydroxyl groups is 2. The first-order valence-electron chi connectivity index (χ1n) is 10.2. The van der Waals surface area contributed by atoms with E-state index in [1.807, 2.05) is 0 Å². The second kappa shape index (κ2) is 6.95. The molecule has 8 nitrogen and oxygen atoms in total. The van der Waals surface area contributed by atoms with Crippen molar-refractivity contribution in [2.24, 2.45) is 0 Å². The van der Waals surface area contributed by atoms with Crippen LogP contribution in [0, 0.1) is 6.92 Å². The molecule has 0 atom stereocenters. The predicted octanol–water partition coefficient (Wildman–Crippen LogP) is 2.14. The number of aromatic amines is 1. The van der Waals surface area contributed by atoms with Gasteiger partial charge in [-0.05, 0) is 32.9 Å². The molecule has 3 aromatic rings. The van der Waals surface area contributed by atoms with Gasteiger partial charge < -0.3 is 25.8 Å². The minimum atomic E-state index is -0.664. The summed E-state index contributed by atoms with van der Waals surface area (Å²) in [5.74, 6) is -2.47. The maximum atomic E-state index is 13.5. The second-order valence-electron chi connectivity index (χ2n) is 8.02. The van der Waals surface area contributed by atoms with E-state index in [0.29, 0.717) is 5.69 Å². The predicted molar refractivity (Wildman–Crippen MR) is 113 cm³/mol. The van der Waals surface area contributed by atoms with Crippen LogP contribution < -0.4 is 10.6 Å². The fourth-order valence-electron chi connectivity index (χ4n) is 4.62. The number of piperidine rings is 1. The van der Waals surface area contributed by atoms with Gasteiger partial charge in [-0.25, -0.2) is 0 Å². The van der Waals surface area contributed by atoms with Gasteiger partial charge in [0.2, 0.25) is 11.6 Å². The van der Waals surface area contributed by atoms with Crippen molar-refractivity contribution in [2.45, 2.75) is 25.8 Å².